The molecule has 0 fully saturated rings. The summed E-state index contributed by atoms with van der Waals surface area (Å²) in [6.07, 6.45) is 3.07. The van der Waals surface area contributed by atoms with Crippen molar-refractivity contribution in [1.29, 1.82) is 0 Å². The first kappa shape index (κ1) is 13.9. The first-order chi connectivity index (χ1) is 6.95. The smallest absolute Gasteiger partial charge is 0.303 e. The summed E-state index contributed by atoms with van der Waals surface area (Å²) in [4.78, 5) is 21.0. The Bertz CT molecular complexity index is 199. The van der Waals surface area contributed by atoms with Gasteiger partial charge in [0, 0.05) is 12.8 Å². The van der Waals surface area contributed by atoms with Crippen molar-refractivity contribution in [2.45, 2.75) is 52.4 Å². The molecule has 0 heterocycles. The Morgan fingerprint density at radius 1 is 0.933 bits per heavy atom. The van der Waals surface area contributed by atoms with Gasteiger partial charge in [0.25, 0.3) is 0 Å². The number of carboxylic acids is 2. The van der Waals surface area contributed by atoms with Crippen LogP contribution in [0.4, 0.5) is 0 Å². The van der Waals surface area contributed by atoms with Gasteiger partial charge in [-0.05, 0) is 18.3 Å². The molecule has 0 saturated carbocycles. The lowest BCUT2D eigenvalue weighted by Crippen LogP contribution is -2.21. The zero-order valence-electron chi connectivity index (χ0n) is 9.45. The average molecular weight is 216 g/mol. The Balaban J connectivity index is 4.29. The van der Waals surface area contributed by atoms with Crippen molar-refractivity contribution >= 4 is 11.9 Å². The van der Waals surface area contributed by atoms with Gasteiger partial charge in [-0.2, -0.15) is 0 Å². The van der Waals surface area contributed by atoms with E-state index in [-0.39, 0.29) is 18.3 Å². The molecule has 0 aliphatic heterocycles. The summed E-state index contributed by atoms with van der Waals surface area (Å²) in [5.74, 6) is -1.62. The maximum Gasteiger partial charge on any atom is 0.303 e. The van der Waals surface area contributed by atoms with Crippen LogP contribution in [0.2, 0.25) is 0 Å². The molecule has 0 amide bonds. The normalized spacial score (nSPS) is 11.3. The number of hydrogen-bond donors (Lipinski definition) is 2. The summed E-state index contributed by atoms with van der Waals surface area (Å²) < 4.78 is 0. The standard InChI is InChI=1S/C11H20O4/c1-3-11(4-2,7-5-9(12)13)8-6-10(14)15/h3-8H2,1-2H3,(H,12,13)(H,14,15). The lowest BCUT2D eigenvalue weighted by atomic mass is 9.74. The third kappa shape index (κ3) is 5.40. The average Bonchev–Trinajstić information content (AvgIpc) is 2.19. The Morgan fingerprint density at radius 3 is 1.47 bits per heavy atom. The van der Waals surface area contributed by atoms with E-state index in [2.05, 4.69) is 0 Å². The number of hydrogen-bond acceptors (Lipinski definition) is 2. The van der Waals surface area contributed by atoms with Crippen LogP contribution in [0, 0.1) is 5.41 Å². The summed E-state index contributed by atoms with van der Waals surface area (Å²) in [6, 6.07) is 0. The van der Waals surface area contributed by atoms with Gasteiger partial charge in [-0.15, -0.1) is 0 Å². The van der Waals surface area contributed by atoms with Crippen molar-refractivity contribution < 1.29 is 19.8 Å². The molecule has 0 rings (SSSR count). The zero-order chi connectivity index (χ0) is 11.9. The maximum atomic E-state index is 10.5. The van der Waals surface area contributed by atoms with Crippen molar-refractivity contribution in [1.82, 2.24) is 0 Å². The Hall–Kier alpha value is -1.06. The van der Waals surface area contributed by atoms with Crippen LogP contribution in [0.3, 0.4) is 0 Å². The molecule has 2 N–H and O–H groups in total. The first-order valence-corrected chi connectivity index (χ1v) is 5.39. The van der Waals surface area contributed by atoms with Gasteiger partial charge in [0.15, 0.2) is 0 Å². The SMILES string of the molecule is CCC(CC)(CCC(=O)O)CCC(=O)O. The van der Waals surface area contributed by atoms with E-state index in [4.69, 9.17) is 10.2 Å². The van der Waals surface area contributed by atoms with Crippen LogP contribution >= 0.6 is 0 Å². The van der Waals surface area contributed by atoms with Crippen LogP contribution in [-0.2, 0) is 9.59 Å². The molecule has 0 aromatic heterocycles. The lowest BCUT2D eigenvalue weighted by molar-refractivity contribution is -0.138. The zero-order valence-corrected chi connectivity index (χ0v) is 9.45. The van der Waals surface area contributed by atoms with Crippen LogP contribution in [-0.4, -0.2) is 22.2 Å². The molecule has 0 aliphatic rings. The number of aliphatic carboxylic acids is 2. The highest BCUT2D eigenvalue weighted by Gasteiger charge is 2.27. The van der Waals surface area contributed by atoms with Crippen molar-refractivity contribution in [3.63, 3.8) is 0 Å². The minimum absolute atomic E-state index is 0.114. The van der Waals surface area contributed by atoms with Crippen molar-refractivity contribution in [2.75, 3.05) is 0 Å². The fraction of sp³-hybridized carbons (Fsp3) is 0.818. The topological polar surface area (TPSA) is 74.6 Å². The highest BCUT2D eigenvalue weighted by molar-refractivity contribution is 5.67. The molecule has 0 atom stereocenters. The Kier molecular flexibility index (Phi) is 5.97. The van der Waals surface area contributed by atoms with Gasteiger partial charge in [0.1, 0.15) is 0 Å². The number of carbonyl (C=O) groups is 2. The third-order valence-electron chi connectivity index (χ3n) is 3.24. The second-order valence-corrected chi connectivity index (χ2v) is 3.99. The van der Waals surface area contributed by atoms with Crippen LogP contribution in [0.5, 0.6) is 0 Å². The van der Waals surface area contributed by atoms with E-state index in [0.717, 1.165) is 12.8 Å². The molecule has 0 radical (unpaired) electrons. The maximum absolute atomic E-state index is 10.5. The molecule has 4 heteroatoms. The molecule has 0 bridgehead atoms. The summed E-state index contributed by atoms with van der Waals surface area (Å²) in [5.41, 5.74) is -0.114. The molecule has 0 aromatic carbocycles. The predicted octanol–water partition coefficient (Wildman–Crippen LogP) is 2.52. The van der Waals surface area contributed by atoms with Gasteiger partial charge < -0.3 is 10.2 Å². The Labute approximate surface area is 90.3 Å². The van der Waals surface area contributed by atoms with Gasteiger partial charge >= 0.3 is 11.9 Å². The van der Waals surface area contributed by atoms with E-state index in [0.29, 0.717) is 12.8 Å². The fourth-order valence-corrected chi connectivity index (χ4v) is 1.83. The lowest BCUT2D eigenvalue weighted by Gasteiger charge is -2.30. The quantitative estimate of drug-likeness (QED) is 0.653. The van der Waals surface area contributed by atoms with Crippen molar-refractivity contribution in [3.8, 4) is 0 Å². The second-order valence-electron chi connectivity index (χ2n) is 3.99. The van der Waals surface area contributed by atoms with Crippen molar-refractivity contribution in [3.05, 3.63) is 0 Å². The number of rotatable bonds is 8. The van der Waals surface area contributed by atoms with Gasteiger partial charge in [-0.25, -0.2) is 0 Å². The highest BCUT2D eigenvalue weighted by Crippen LogP contribution is 2.36. The summed E-state index contributed by atoms with van der Waals surface area (Å²) in [6.45, 7) is 3.99. The van der Waals surface area contributed by atoms with Crippen LogP contribution in [0.15, 0.2) is 0 Å². The van der Waals surface area contributed by atoms with E-state index in [1.807, 2.05) is 13.8 Å². The minimum atomic E-state index is -0.809. The van der Waals surface area contributed by atoms with E-state index in [1.165, 1.54) is 0 Å². The number of carboxylic acid groups (broad SMARTS) is 2. The molecule has 88 valence electrons. The van der Waals surface area contributed by atoms with Gasteiger partial charge in [0.05, 0.1) is 0 Å². The molecule has 0 saturated heterocycles. The van der Waals surface area contributed by atoms with E-state index < -0.39 is 11.9 Å². The molecular formula is C11H20O4. The molecule has 15 heavy (non-hydrogen) atoms. The predicted molar refractivity (Wildman–Crippen MR) is 56.8 cm³/mol. The molecule has 0 aromatic rings. The molecule has 0 unspecified atom stereocenters. The highest BCUT2D eigenvalue weighted by atomic mass is 16.4. The largest absolute Gasteiger partial charge is 0.481 e. The molecular weight excluding hydrogens is 196 g/mol. The van der Waals surface area contributed by atoms with E-state index >= 15 is 0 Å². The molecule has 4 nitrogen and oxygen atoms in total. The summed E-state index contributed by atoms with van der Waals surface area (Å²) in [7, 11) is 0. The summed E-state index contributed by atoms with van der Waals surface area (Å²) >= 11 is 0. The van der Waals surface area contributed by atoms with Crippen LogP contribution in [0.25, 0.3) is 0 Å². The Morgan fingerprint density at radius 2 is 1.27 bits per heavy atom. The summed E-state index contributed by atoms with van der Waals surface area (Å²) in [5, 5.41) is 17.3. The van der Waals surface area contributed by atoms with Gasteiger partial charge in [-0.3, -0.25) is 9.59 Å². The van der Waals surface area contributed by atoms with E-state index in [9.17, 15) is 9.59 Å². The monoisotopic (exact) mass is 216 g/mol. The minimum Gasteiger partial charge on any atom is -0.481 e. The third-order valence-corrected chi connectivity index (χ3v) is 3.24. The van der Waals surface area contributed by atoms with Crippen LogP contribution < -0.4 is 0 Å². The van der Waals surface area contributed by atoms with E-state index in [1.54, 1.807) is 0 Å². The van der Waals surface area contributed by atoms with Gasteiger partial charge in [-0.1, -0.05) is 26.7 Å². The molecule has 0 aliphatic carbocycles. The fourth-order valence-electron chi connectivity index (χ4n) is 1.83. The van der Waals surface area contributed by atoms with Gasteiger partial charge in [0.2, 0.25) is 0 Å². The van der Waals surface area contributed by atoms with Crippen molar-refractivity contribution in [2.24, 2.45) is 5.41 Å². The molecule has 0 spiro atoms. The van der Waals surface area contributed by atoms with Crippen LogP contribution in [0.1, 0.15) is 52.4 Å². The first-order valence-electron chi connectivity index (χ1n) is 5.39. The second kappa shape index (κ2) is 6.43.